The lowest BCUT2D eigenvalue weighted by Gasteiger charge is -2.34. The van der Waals surface area contributed by atoms with E-state index in [-0.39, 0.29) is 23.8 Å². The highest BCUT2D eigenvalue weighted by atomic mass is 16.2. The summed E-state index contributed by atoms with van der Waals surface area (Å²) in [6.07, 6.45) is 3.89. The molecule has 21 heavy (non-hydrogen) atoms. The van der Waals surface area contributed by atoms with Gasteiger partial charge in [0.25, 0.3) is 0 Å². The molecule has 0 unspecified atom stereocenters. The number of hydrogen-bond donors (Lipinski definition) is 2. The zero-order valence-electron chi connectivity index (χ0n) is 12.6. The number of amides is 2. The topological polar surface area (TPSA) is 64.7 Å². The van der Waals surface area contributed by atoms with Gasteiger partial charge in [0.1, 0.15) is 0 Å². The SMILES string of the molecule is O=C(NC1CCN(C(=O)CN2CCNCC2)CC1)C1CC1. The number of carbonyl (C=O) groups excluding carboxylic acids is 2. The molecule has 3 aliphatic rings. The fourth-order valence-corrected chi connectivity index (χ4v) is 3.10. The van der Waals surface area contributed by atoms with Gasteiger partial charge in [-0.05, 0) is 25.7 Å². The lowest BCUT2D eigenvalue weighted by molar-refractivity contribution is -0.133. The van der Waals surface area contributed by atoms with Gasteiger partial charge in [-0.15, -0.1) is 0 Å². The summed E-state index contributed by atoms with van der Waals surface area (Å²) in [4.78, 5) is 28.2. The summed E-state index contributed by atoms with van der Waals surface area (Å²) in [7, 11) is 0. The van der Waals surface area contributed by atoms with Crippen molar-refractivity contribution in [2.45, 2.75) is 31.7 Å². The summed E-state index contributed by atoms with van der Waals surface area (Å²) in [6, 6.07) is 0.265. The molecular formula is C15H26N4O2. The van der Waals surface area contributed by atoms with Crippen LogP contribution in [-0.2, 0) is 9.59 Å². The maximum Gasteiger partial charge on any atom is 0.236 e. The Morgan fingerprint density at radius 1 is 1.00 bits per heavy atom. The van der Waals surface area contributed by atoms with Gasteiger partial charge in [-0.3, -0.25) is 14.5 Å². The lowest BCUT2D eigenvalue weighted by atomic mass is 10.0. The molecule has 118 valence electrons. The minimum absolute atomic E-state index is 0.223. The van der Waals surface area contributed by atoms with E-state index in [4.69, 9.17) is 0 Å². The summed E-state index contributed by atoms with van der Waals surface area (Å²) in [5.74, 6) is 0.738. The predicted octanol–water partition coefficient (Wildman–Crippen LogP) is -0.591. The average Bonchev–Trinajstić information content (AvgIpc) is 3.33. The van der Waals surface area contributed by atoms with Gasteiger partial charge >= 0.3 is 0 Å². The highest BCUT2D eigenvalue weighted by molar-refractivity contribution is 5.81. The molecule has 0 radical (unpaired) electrons. The van der Waals surface area contributed by atoms with Crippen molar-refractivity contribution in [2.75, 3.05) is 45.8 Å². The van der Waals surface area contributed by atoms with E-state index in [1.54, 1.807) is 0 Å². The molecule has 0 aromatic rings. The van der Waals surface area contributed by atoms with Crippen molar-refractivity contribution in [3.63, 3.8) is 0 Å². The highest BCUT2D eigenvalue weighted by Crippen LogP contribution is 2.29. The van der Waals surface area contributed by atoms with E-state index in [9.17, 15) is 9.59 Å². The third kappa shape index (κ3) is 4.17. The van der Waals surface area contributed by atoms with Crippen molar-refractivity contribution < 1.29 is 9.59 Å². The summed E-state index contributed by atoms with van der Waals surface area (Å²) in [6.45, 7) is 5.96. The molecule has 2 heterocycles. The molecule has 3 rings (SSSR count). The van der Waals surface area contributed by atoms with Gasteiger partial charge in [-0.25, -0.2) is 0 Å². The Morgan fingerprint density at radius 3 is 2.29 bits per heavy atom. The van der Waals surface area contributed by atoms with Crippen LogP contribution in [0.15, 0.2) is 0 Å². The lowest BCUT2D eigenvalue weighted by Crippen LogP contribution is -2.51. The first-order chi connectivity index (χ1) is 10.2. The van der Waals surface area contributed by atoms with Crippen LogP contribution in [0.25, 0.3) is 0 Å². The zero-order valence-corrected chi connectivity index (χ0v) is 12.6. The van der Waals surface area contributed by atoms with Crippen molar-refractivity contribution in [2.24, 2.45) is 5.92 Å². The zero-order chi connectivity index (χ0) is 14.7. The Kier molecular flexibility index (Phi) is 4.75. The van der Waals surface area contributed by atoms with Crippen molar-refractivity contribution in [3.8, 4) is 0 Å². The van der Waals surface area contributed by atoms with Crippen molar-refractivity contribution in [3.05, 3.63) is 0 Å². The first kappa shape index (κ1) is 14.8. The molecule has 6 nitrogen and oxygen atoms in total. The van der Waals surface area contributed by atoms with E-state index in [1.807, 2.05) is 4.90 Å². The molecule has 0 atom stereocenters. The van der Waals surface area contributed by atoms with E-state index in [0.29, 0.717) is 6.54 Å². The van der Waals surface area contributed by atoms with Gasteiger partial charge in [-0.1, -0.05) is 0 Å². The van der Waals surface area contributed by atoms with E-state index in [1.165, 1.54) is 0 Å². The van der Waals surface area contributed by atoms with Gasteiger partial charge in [0.2, 0.25) is 11.8 Å². The van der Waals surface area contributed by atoms with Gasteiger partial charge in [0, 0.05) is 51.2 Å². The van der Waals surface area contributed by atoms with Crippen molar-refractivity contribution >= 4 is 11.8 Å². The molecule has 0 bridgehead atoms. The molecule has 2 amide bonds. The predicted molar refractivity (Wildman–Crippen MR) is 79.8 cm³/mol. The van der Waals surface area contributed by atoms with Crippen LogP contribution in [-0.4, -0.2) is 73.5 Å². The van der Waals surface area contributed by atoms with E-state index < -0.39 is 0 Å². The monoisotopic (exact) mass is 294 g/mol. The van der Waals surface area contributed by atoms with Crippen LogP contribution in [0.3, 0.4) is 0 Å². The van der Waals surface area contributed by atoms with E-state index in [0.717, 1.165) is 65.0 Å². The van der Waals surface area contributed by atoms with Crippen LogP contribution < -0.4 is 10.6 Å². The molecule has 0 aromatic heterocycles. The van der Waals surface area contributed by atoms with Gasteiger partial charge in [-0.2, -0.15) is 0 Å². The molecule has 1 saturated carbocycles. The minimum Gasteiger partial charge on any atom is -0.353 e. The van der Waals surface area contributed by atoms with Crippen LogP contribution in [0.4, 0.5) is 0 Å². The molecule has 1 aliphatic carbocycles. The van der Waals surface area contributed by atoms with Gasteiger partial charge in [0.05, 0.1) is 6.54 Å². The Bertz CT molecular complexity index is 383. The van der Waals surface area contributed by atoms with Crippen LogP contribution in [0.1, 0.15) is 25.7 Å². The van der Waals surface area contributed by atoms with Gasteiger partial charge < -0.3 is 15.5 Å². The molecule has 3 fully saturated rings. The smallest absolute Gasteiger partial charge is 0.236 e. The summed E-state index contributed by atoms with van der Waals surface area (Å²) in [5, 5.41) is 6.42. The first-order valence-electron chi connectivity index (χ1n) is 8.23. The number of piperidine rings is 1. The van der Waals surface area contributed by atoms with Crippen LogP contribution in [0, 0.1) is 5.92 Å². The largest absolute Gasteiger partial charge is 0.353 e. The van der Waals surface area contributed by atoms with E-state index in [2.05, 4.69) is 15.5 Å². The number of piperazine rings is 1. The van der Waals surface area contributed by atoms with Crippen molar-refractivity contribution in [1.29, 1.82) is 0 Å². The van der Waals surface area contributed by atoms with Crippen LogP contribution >= 0.6 is 0 Å². The number of likely N-dealkylation sites (tertiary alicyclic amines) is 1. The third-order valence-electron chi connectivity index (χ3n) is 4.71. The van der Waals surface area contributed by atoms with Gasteiger partial charge in [0.15, 0.2) is 0 Å². The maximum absolute atomic E-state index is 12.3. The Balaban J connectivity index is 1.37. The van der Waals surface area contributed by atoms with Crippen LogP contribution in [0.2, 0.25) is 0 Å². The number of nitrogens with one attached hydrogen (secondary N) is 2. The standard InChI is InChI=1S/C15H26N4O2/c20-14(11-18-9-5-16-6-10-18)19-7-3-13(4-8-19)17-15(21)12-1-2-12/h12-13,16H,1-11H2,(H,17,21). The number of nitrogens with zero attached hydrogens (tertiary/aromatic N) is 2. The second-order valence-corrected chi connectivity index (χ2v) is 6.46. The number of hydrogen-bond acceptors (Lipinski definition) is 4. The maximum atomic E-state index is 12.3. The normalized spacial score (nSPS) is 24.9. The first-order valence-corrected chi connectivity index (χ1v) is 8.23. The fourth-order valence-electron chi connectivity index (χ4n) is 3.10. The Morgan fingerprint density at radius 2 is 1.67 bits per heavy atom. The van der Waals surface area contributed by atoms with Crippen molar-refractivity contribution in [1.82, 2.24) is 20.4 Å². The molecule has 2 aliphatic heterocycles. The fraction of sp³-hybridized carbons (Fsp3) is 0.867. The molecule has 0 spiro atoms. The highest BCUT2D eigenvalue weighted by Gasteiger charge is 2.32. The third-order valence-corrected chi connectivity index (χ3v) is 4.71. The molecule has 2 saturated heterocycles. The minimum atomic E-state index is 0.223. The summed E-state index contributed by atoms with van der Waals surface area (Å²) in [5.41, 5.74) is 0. The number of carbonyl (C=O) groups is 2. The van der Waals surface area contributed by atoms with E-state index >= 15 is 0 Å². The molecule has 6 heteroatoms. The Hall–Kier alpha value is -1.14. The molecular weight excluding hydrogens is 268 g/mol. The quantitative estimate of drug-likeness (QED) is 0.727. The average molecular weight is 294 g/mol. The molecule has 2 N–H and O–H groups in total. The summed E-state index contributed by atoms with van der Waals surface area (Å²) < 4.78 is 0. The molecule has 0 aromatic carbocycles. The summed E-state index contributed by atoms with van der Waals surface area (Å²) >= 11 is 0. The number of rotatable bonds is 4. The Labute approximate surface area is 126 Å². The second-order valence-electron chi connectivity index (χ2n) is 6.46. The second kappa shape index (κ2) is 6.75. The van der Waals surface area contributed by atoms with Crippen LogP contribution in [0.5, 0.6) is 0 Å².